The van der Waals surface area contributed by atoms with Crippen LogP contribution in [0.5, 0.6) is 0 Å². The second-order valence-corrected chi connectivity index (χ2v) is 6.45. The average molecular weight is 479 g/mol. The quantitative estimate of drug-likeness (QED) is 0.214. The van der Waals surface area contributed by atoms with Gasteiger partial charge in [0.15, 0.2) is 11.6 Å². The van der Waals surface area contributed by atoms with Gasteiger partial charge in [-0.2, -0.15) is 9.97 Å². The first-order valence-electron chi connectivity index (χ1n) is 8.68. The van der Waals surface area contributed by atoms with E-state index in [2.05, 4.69) is 20.3 Å². The SMILES string of the molecule is O=[N+]([O-])c1cccc(-c2nc(CCl)no2)c1.O=[N+]([O-])c1cccc(-c2nc(CCl)no2)c1. The number of halogens is 2. The Labute approximate surface area is 189 Å². The van der Waals surface area contributed by atoms with Crippen LogP contribution in [0, 0.1) is 20.2 Å². The van der Waals surface area contributed by atoms with Crippen molar-refractivity contribution >= 4 is 34.6 Å². The molecule has 0 radical (unpaired) electrons. The summed E-state index contributed by atoms with van der Waals surface area (Å²) in [7, 11) is 0. The van der Waals surface area contributed by atoms with Gasteiger partial charge in [0.05, 0.1) is 21.6 Å². The number of benzene rings is 2. The molecule has 0 N–H and O–H groups in total. The van der Waals surface area contributed by atoms with Gasteiger partial charge >= 0.3 is 0 Å². The van der Waals surface area contributed by atoms with E-state index in [0.29, 0.717) is 22.8 Å². The molecule has 2 aromatic carbocycles. The van der Waals surface area contributed by atoms with Gasteiger partial charge in [0.25, 0.3) is 23.2 Å². The molecule has 0 aliphatic carbocycles. The van der Waals surface area contributed by atoms with Crippen LogP contribution in [0.25, 0.3) is 22.9 Å². The summed E-state index contributed by atoms with van der Waals surface area (Å²) in [6.07, 6.45) is 0. The third-order valence-electron chi connectivity index (χ3n) is 3.78. The van der Waals surface area contributed by atoms with Gasteiger partial charge in [-0.25, -0.2) is 0 Å². The fraction of sp³-hybridized carbons (Fsp3) is 0.111. The average Bonchev–Trinajstić information content (AvgIpc) is 3.49. The van der Waals surface area contributed by atoms with Crippen LogP contribution >= 0.6 is 23.2 Å². The smallest absolute Gasteiger partial charge is 0.270 e. The van der Waals surface area contributed by atoms with E-state index in [9.17, 15) is 20.2 Å². The molecule has 2 aromatic heterocycles. The monoisotopic (exact) mass is 478 g/mol. The van der Waals surface area contributed by atoms with E-state index >= 15 is 0 Å². The van der Waals surface area contributed by atoms with E-state index in [1.165, 1.54) is 24.3 Å². The highest BCUT2D eigenvalue weighted by atomic mass is 35.5. The number of non-ortho nitro benzene ring substituents is 2. The predicted molar refractivity (Wildman–Crippen MR) is 112 cm³/mol. The van der Waals surface area contributed by atoms with Crippen molar-refractivity contribution in [2.75, 3.05) is 0 Å². The van der Waals surface area contributed by atoms with Gasteiger partial charge in [0.1, 0.15) is 0 Å². The molecule has 0 bridgehead atoms. The number of aromatic nitrogens is 4. The fourth-order valence-electron chi connectivity index (χ4n) is 2.36. The number of alkyl halides is 2. The summed E-state index contributed by atoms with van der Waals surface area (Å²) in [6, 6.07) is 11.9. The zero-order chi connectivity index (χ0) is 23.1. The molecular weight excluding hydrogens is 467 g/mol. The van der Waals surface area contributed by atoms with Crippen molar-refractivity contribution in [2.24, 2.45) is 0 Å². The maximum atomic E-state index is 10.6. The van der Waals surface area contributed by atoms with Crippen molar-refractivity contribution in [3.8, 4) is 22.9 Å². The molecule has 0 unspecified atom stereocenters. The van der Waals surface area contributed by atoms with Gasteiger partial charge in [0, 0.05) is 35.4 Å². The van der Waals surface area contributed by atoms with E-state index in [1.807, 2.05) is 0 Å². The van der Waals surface area contributed by atoms with E-state index < -0.39 is 9.85 Å². The third-order valence-corrected chi connectivity index (χ3v) is 4.26. The Morgan fingerprint density at radius 3 is 1.47 bits per heavy atom. The topological polar surface area (TPSA) is 164 Å². The Hall–Kier alpha value is -3.90. The molecule has 4 rings (SSSR count). The molecule has 4 aromatic rings. The molecule has 2 heterocycles. The van der Waals surface area contributed by atoms with Gasteiger partial charge in [-0.05, 0) is 12.1 Å². The summed E-state index contributed by atoms with van der Waals surface area (Å²) in [6.45, 7) is 0. The third kappa shape index (κ3) is 5.62. The molecule has 0 spiro atoms. The zero-order valence-electron chi connectivity index (χ0n) is 15.9. The molecule has 14 heteroatoms. The lowest BCUT2D eigenvalue weighted by Gasteiger charge is -1.93. The minimum absolute atomic E-state index is 0.0249. The summed E-state index contributed by atoms with van der Waals surface area (Å²) in [5, 5.41) is 28.3. The minimum atomic E-state index is -0.484. The molecule has 32 heavy (non-hydrogen) atoms. The first kappa shape index (κ1) is 22.8. The molecular formula is C18H12Cl2N6O6. The van der Waals surface area contributed by atoms with Crippen LogP contribution < -0.4 is 0 Å². The van der Waals surface area contributed by atoms with E-state index in [4.69, 9.17) is 32.2 Å². The van der Waals surface area contributed by atoms with Crippen molar-refractivity contribution in [3.05, 3.63) is 80.4 Å². The van der Waals surface area contributed by atoms with Gasteiger partial charge in [-0.3, -0.25) is 20.2 Å². The number of hydrogen-bond donors (Lipinski definition) is 0. The number of nitrogens with zero attached hydrogens (tertiary/aromatic N) is 6. The number of hydrogen-bond acceptors (Lipinski definition) is 10. The van der Waals surface area contributed by atoms with Crippen LogP contribution in [0.15, 0.2) is 57.6 Å². The summed E-state index contributed by atoms with van der Waals surface area (Å²) in [5.41, 5.74) is 0.947. The summed E-state index contributed by atoms with van der Waals surface area (Å²) in [5.74, 6) is 1.42. The highest BCUT2D eigenvalue weighted by molar-refractivity contribution is 6.16. The van der Waals surface area contributed by atoms with Crippen LogP contribution in [-0.4, -0.2) is 30.1 Å². The molecule has 0 aliphatic heterocycles. The van der Waals surface area contributed by atoms with Gasteiger partial charge in [-0.15, -0.1) is 23.2 Å². The lowest BCUT2D eigenvalue weighted by Crippen LogP contribution is -1.88. The van der Waals surface area contributed by atoms with E-state index in [0.717, 1.165) is 0 Å². The summed E-state index contributed by atoms with van der Waals surface area (Å²) in [4.78, 5) is 28.1. The molecule has 0 saturated heterocycles. The lowest BCUT2D eigenvalue weighted by atomic mass is 10.2. The normalized spacial score (nSPS) is 10.3. The Kier molecular flexibility index (Phi) is 7.41. The minimum Gasteiger partial charge on any atom is -0.334 e. The number of nitro benzene ring substituents is 2. The Bertz CT molecular complexity index is 1150. The van der Waals surface area contributed by atoms with Crippen molar-refractivity contribution in [2.45, 2.75) is 11.8 Å². The molecule has 0 aliphatic rings. The molecule has 0 amide bonds. The zero-order valence-corrected chi connectivity index (χ0v) is 17.4. The Morgan fingerprint density at radius 1 is 0.750 bits per heavy atom. The maximum Gasteiger partial charge on any atom is 0.270 e. The highest BCUT2D eigenvalue weighted by Gasteiger charge is 2.13. The Balaban J connectivity index is 0.000000181. The van der Waals surface area contributed by atoms with Gasteiger partial charge in [-0.1, -0.05) is 22.4 Å². The fourth-order valence-corrected chi connectivity index (χ4v) is 2.57. The molecule has 0 saturated carbocycles. The predicted octanol–water partition coefficient (Wildman–Crippen LogP) is 4.77. The summed E-state index contributed by atoms with van der Waals surface area (Å²) < 4.78 is 9.82. The highest BCUT2D eigenvalue weighted by Crippen LogP contribution is 2.23. The first-order chi connectivity index (χ1) is 15.4. The van der Waals surface area contributed by atoms with Crippen LogP contribution in [0.1, 0.15) is 11.6 Å². The standard InChI is InChI=1S/2C9H6ClN3O3/c2*10-5-8-11-9(16-12-8)6-2-1-3-7(4-6)13(14)15/h2*1-4H,5H2. The second-order valence-electron chi connectivity index (χ2n) is 5.91. The molecule has 0 fully saturated rings. The van der Waals surface area contributed by atoms with Crippen molar-refractivity contribution < 1.29 is 18.9 Å². The molecule has 164 valence electrons. The van der Waals surface area contributed by atoms with Crippen LogP contribution in [0.4, 0.5) is 11.4 Å². The van der Waals surface area contributed by atoms with E-state index in [1.54, 1.807) is 24.3 Å². The summed E-state index contributed by atoms with van der Waals surface area (Å²) >= 11 is 11.0. The van der Waals surface area contributed by atoms with Gasteiger partial charge < -0.3 is 9.05 Å². The van der Waals surface area contributed by atoms with Crippen molar-refractivity contribution in [1.29, 1.82) is 0 Å². The van der Waals surface area contributed by atoms with Crippen LogP contribution in [-0.2, 0) is 11.8 Å². The number of rotatable bonds is 6. The lowest BCUT2D eigenvalue weighted by molar-refractivity contribution is -0.385. The van der Waals surface area contributed by atoms with Crippen LogP contribution in [0.3, 0.4) is 0 Å². The largest absolute Gasteiger partial charge is 0.334 e. The first-order valence-corrected chi connectivity index (χ1v) is 9.75. The van der Waals surface area contributed by atoms with Crippen molar-refractivity contribution in [1.82, 2.24) is 20.3 Å². The Morgan fingerprint density at radius 2 is 1.16 bits per heavy atom. The molecule has 0 atom stereocenters. The van der Waals surface area contributed by atoms with E-state index in [-0.39, 0.29) is 34.9 Å². The van der Waals surface area contributed by atoms with Gasteiger partial charge in [0.2, 0.25) is 0 Å². The molecule has 12 nitrogen and oxygen atoms in total. The number of nitro groups is 2. The van der Waals surface area contributed by atoms with Crippen molar-refractivity contribution in [3.63, 3.8) is 0 Å². The second kappa shape index (κ2) is 10.4. The maximum absolute atomic E-state index is 10.6. The van der Waals surface area contributed by atoms with Crippen LogP contribution in [0.2, 0.25) is 0 Å².